The number of fused-ring (bicyclic) bond motifs is 3. The van der Waals surface area contributed by atoms with Gasteiger partial charge < -0.3 is 19.4 Å². The van der Waals surface area contributed by atoms with Crippen LogP contribution >= 0.6 is 0 Å². The summed E-state index contributed by atoms with van der Waals surface area (Å²) in [6, 6.07) is 57.1. The van der Waals surface area contributed by atoms with Crippen molar-refractivity contribution in [2.24, 2.45) is 0 Å². The monoisotopic (exact) mass is 1100 g/mol. The van der Waals surface area contributed by atoms with E-state index in [1.165, 1.54) is 12.3 Å². The third kappa shape index (κ3) is 10.4. The van der Waals surface area contributed by atoms with Crippen molar-refractivity contribution < 1.29 is 34.1 Å². The first-order valence-electron chi connectivity index (χ1n) is 27.1. The third-order valence-electron chi connectivity index (χ3n) is 13.2. The van der Waals surface area contributed by atoms with Gasteiger partial charge in [-0.15, -0.1) is 95.6 Å². The molecule has 4 nitrogen and oxygen atoms in total. The zero-order valence-electron chi connectivity index (χ0n) is 47.2. The van der Waals surface area contributed by atoms with Crippen LogP contribution in [0.2, 0.25) is 0 Å². The molecule has 0 saturated heterocycles. The molecule has 5 heteroatoms. The molecule has 70 heavy (non-hydrogen) atoms. The fraction of sp³-hybridized carbons (Fsp3) is 0.215. The van der Waals surface area contributed by atoms with Crippen LogP contribution in [0.25, 0.3) is 66.8 Å². The molecule has 0 spiro atoms. The van der Waals surface area contributed by atoms with Gasteiger partial charge in [0.15, 0.2) is 0 Å². The van der Waals surface area contributed by atoms with Crippen molar-refractivity contribution in [3.05, 3.63) is 233 Å². The second-order valence-electron chi connectivity index (χ2n) is 19.6. The van der Waals surface area contributed by atoms with Crippen molar-refractivity contribution >= 4 is 21.9 Å². The molecule has 10 rings (SSSR count). The Bertz CT molecular complexity index is 3610. The van der Waals surface area contributed by atoms with Crippen molar-refractivity contribution in [1.82, 2.24) is 15.0 Å². The van der Waals surface area contributed by atoms with Gasteiger partial charge in [-0.3, -0.25) is 0 Å². The predicted octanol–water partition coefficient (Wildman–Crippen LogP) is 16.1. The van der Waals surface area contributed by atoms with E-state index in [1.807, 2.05) is 85.2 Å². The summed E-state index contributed by atoms with van der Waals surface area (Å²) in [5, 5.41) is 1.79. The van der Waals surface area contributed by atoms with Gasteiger partial charge in [0, 0.05) is 33.6 Å². The maximum absolute atomic E-state index is 10.1. The van der Waals surface area contributed by atoms with E-state index in [1.54, 1.807) is 42.5 Å². The molecule has 348 valence electrons. The van der Waals surface area contributed by atoms with Crippen molar-refractivity contribution in [2.45, 2.75) is 90.7 Å². The molecule has 0 aliphatic heterocycles. The SMILES string of the molecule is [2H]C([2H])([2H])c1ccccc1-c1cc(-c2[c-]cc3oc4ccc(C(C)C)cc4c3c2)ncc1C([2H])([2H])C([2H])([2H])c1cc(CC(C)(C)c2ccc(-c3[c-]cccc3)nc2)cc(CC(C)(C)c2ccc(-c3[c-]cccc3)nc2)c1.[Ir+3]. The molecule has 0 aliphatic rings. The Hall–Kier alpha value is -6.78. The fourth-order valence-electron chi connectivity index (χ4n) is 9.30. The van der Waals surface area contributed by atoms with Crippen LogP contribution in [0.15, 0.2) is 175 Å². The molecule has 0 saturated carbocycles. The van der Waals surface area contributed by atoms with E-state index < -0.39 is 30.4 Å². The Labute approximate surface area is 437 Å². The maximum atomic E-state index is 10.1. The minimum Gasteiger partial charge on any atom is -0.500 e. The molecular formula is C65H58IrN3O. The summed E-state index contributed by atoms with van der Waals surface area (Å²) in [5.74, 6) is 0.295. The van der Waals surface area contributed by atoms with Gasteiger partial charge in [-0.25, -0.2) is 0 Å². The molecule has 4 aromatic heterocycles. The summed E-state index contributed by atoms with van der Waals surface area (Å²) >= 11 is 0. The Morgan fingerprint density at radius 3 is 1.74 bits per heavy atom. The molecule has 0 atom stereocenters. The molecule has 0 fully saturated rings. The van der Waals surface area contributed by atoms with Crippen molar-refractivity contribution in [2.75, 3.05) is 0 Å². The molecule has 0 unspecified atom stereocenters. The zero-order chi connectivity index (χ0) is 53.8. The average Bonchev–Trinajstić information content (AvgIpc) is 3.78. The van der Waals surface area contributed by atoms with Crippen LogP contribution in [-0.2, 0) is 56.5 Å². The van der Waals surface area contributed by atoms with Crippen molar-refractivity contribution in [1.29, 1.82) is 0 Å². The number of benzene rings is 6. The maximum Gasteiger partial charge on any atom is 3.00 e. The number of pyridine rings is 3. The summed E-state index contributed by atoms with van der Waals surface area (Å²) < 4.78 is 72.2. The number of furan rings is 1. The number of hydrogen-bond donors (Lipinski definition) is 0. The van der Waals surface area contributed by atoms with Crippen LogP contribution in [0.4, 0.5) is 0 Å². The minimum absolute atomic E-state index is 0. The fourth-order valence-corrected chi connectivity index (χ4v) is 9.30. The predicted molar refractivity (Wildman–Crippen MR) is 284 cm³/mol. The smallest absolute Gasteiger partial charge is 0.500 e. The summed E-state index contributed by atoms with van der Waals surface area (Å²) in [5.41, 5.74) is 10.1. The third-order valence-corrected chi connectivity index (χ3v) is 13.2. The number of aromatic nitrogens is 3. The molecule has 0 amide bonds. The molecule has 0 aliphatic carbocycles. The number of hydrogen-bond acceptors (Lipinski definition) is 4. The number of aryl methyl sites for hydroxylation is 3. The van der Waals surface area contributed by atoms with Crippen LogP contribution in [-0.4, -0.2) is 15.0 Å². The Kier molecular flexibility index (Phi) is 11.6. The summed E-state index contributed by atoms with van der Waals surface area (Å²) in [6.07, 6.45) is 0.627. The minimum atomic E-state index is -2.78. The van der Waals surface area contributed by atoms with Gasteiger partial charge in [0.25, 0.3) is 0 Å². The molecule has 10 aromatic rings. The van der Waals surface area contributed by atoms with E-state index in [0.717, 1.165) is 66.7 Å². The van der Waals surface area contributed by atoms with Crippen LogP contribution in [0.5, 0.6) is 0 Å². The Morgan fingerprint density at radius 1 is 0.557 bits per heavy atom. The Balaban J connectivity index is 0.00000722. The number of rotatable bonds is 14. The molecule has 0 radical (unpaired) electrons. The summed E-state index contributed by atoms with van der Waals surface area (Å²) in [4.78, 5) is 14.5. The van der Waals surface area contributed by atoms with E-state index >= 15 is 0 Å². The molecular weight excluding hydrogens is 1030 g/mol. The van der Waals surface area contributed by atoms with Gasteiger partial charge in [0.2, 0.25) is 0 Å². The van der Waals surface area contributed by atoms with Gasteiger partial charge in [0.1, 0.15) is 5.58 Å². The molecule has 0 N–H and O–H groups in total. The van der Waals surface area contributed by atoms with E-state index in [0.29, 0.717) is 35.6 Å². The van der Waals surface area contributed by atoms with E-state index in [2.05, 4.69) is 90.1 Å². The second kappa shape index (κ2) is 20.3. The second-order valence-corrected chi connectivity index (χ2v) is 19.6. The van der Waals surface area contributed by atoms with Crippen LogP contribution < -0.4 is 0 Å². The van der Waals surface area contributed by atoms with Gasteiger partial charge in [0.05, 0.1) is 5.58 Å². The van der Waals surface area contributed by atoms with Crippen molar-refractivity contribution in [3.8, 4) is 44.9 Å². The first kappa shape index (κ1) is 40.0. The van der Waals surface area contributed by atoms with Gasteiger partial charge >= 0.3 is 20.1 Å². The normalized spacial score (nSPS) is 14.0. The van der Waals surface area contributed by atoms with Crippen LogP contribution in [0.3, 0.4) is 0 Å². The zero-order valence-corrected chi connectivity index (χ0v) is 42.6. The molecule has 0 bridgehead atoms. The first-order valence-corrected chi connectivity index (χ1v) is 23.6. The summed E-state index contributed by atoms with van der Waals surface area (Å²) in [7, 11) is 0. The van der Waals surface area contributed by atoms with E-state index in [9.17, 15) is 5.48 Å². The van der Waals surface area contributed by atoms with Gasteiger partial charge in [-0.05, 0) is 134 Å². The standard InChI is InChI=1S/C65H58N3O.Ir/c1-43(2)50-24-30-62-57(35-50)58-36-51(25-31-63(58)69-62)61-37-56(55-21-15-14-16-44(55)3)52(40-66-61)23-22-45-32-46(38-64(4,5)53-26-28-59(67-41-53)48-17-10-8-11-18-48)34-47(33-45)39-65(6,7)54-27-29-60(68-42-54)49-19-12-9-13-20-49;/h8-17,19,21,24,26-37,40-43H,22-23,38-39H2,1-7H3;/q-3;+3/i3D3,22D2,23D2;. The van der Waals surface area contributed by atoms with Crippen LogP contribution in [0, 0.1) is 25.1 Å². The van der Waals surface area contributed by atoms with E-state index in [-0.39, 0.29) is 47.9 Å². The first-order chi connectivity index (χ1) is 36.1. The van der Waals surface area contributed by atoms with Crippen molar-refractivity contribution in [3.63, 3.8) is 0 Å². The molecule has 4 heterocycles. The summed E-state index contributed by atoms with van der Waals surface area (Å²) in [6.45, 7) is 10.2. The molecule has 6 aromatic carbocycles. The number of nitrogens with zero attached hydrogens (tertiary/aromatic N) is 3. The van der Waals surface area contributed by atoms with Crippen LogP contribution in [0.1, 0.15) is 102 Å². The van der Waals surface area contributed by atoms with Gasteiger partial charge in [-0.2, -0.15) is 0 Å². The largest absolute Gasteiger partial charge is 3.00 e. The topological polar surface area (TPSA) is 51.8 Å². The Morgan fingerprint density at radius 2 is 1.16 bits per heavy atom. The van der Waals surface area contributed by atoms with Gasteiger partial charge in [-0.1, -0.05) is 126 Å². The quantitative estimate of drug-likeness (QED) is 0.102. The average molecular weight is 1100 g/mol. The van der Waals surface area contributed by atoms with E-state index in [4.69, 9.17) is 23.5 Å².